The van der Waals surface area contributed by atoms with E-state index in [1.807, 2.05) is 43.1 Å². The number of methoxy groups -OCH3 is 1. The third-order valence-electron chi connectivity index (χ3n) is 2.58. The highest BCUT2D eigenvalue weighted by molar-refractivity contribution is 9.10. The van der Waals surface area contributed by atoms with Crippen LogP contribution in [-0.2, 0) is 16.1 Å². The minimum Gasteiger partial charge on any atom is -0.468 e. The zero-order valence-corrected chi connectivity index (χ0v) is 11.3. The number of likely N-dealkylation sites (N-methyl/N-ethyl adjacent to an activating group) is 1. The number of halogens is 1. The first kappa shape index (κ1) is 13.2. The molecule has 0 saturated heterocycles. The molecule has 1 rings (SSSR count). The van der Waals surface area contributed by atoms with Gasteiger partial charge in [0.1, 0.15) is 6.04 Å². The molecule has 0 aliphatic carbocycles. The van der Waals surface area contributed by atoms with Gasteiger partial charge in [0, 0.05) is 11.0 Å². The third-order valence-corrected chi connectivity index (χ3v) is 3.35. The van der Waals surface area contributed by atoms with E-state index in [9.17, 15) is 4.79 Å². The number of ether oxygens (including phenoxy) is 1. The third kappa shape index (κ3) is 3.32. The van der Waals surface area contributed by atoms with Gasteiger partial charge in [0.05, 0.1) is 7.11 Å². The molecule has 0 aromatic heterocycles. The van der Waals surface area contributed by atoms with Gasteiger partial charge >= 0.3 is 5.97 Å². The molecule has 0 bridgehead atoms. The summed E-state index contributed by atoms with van der Waals surface area (Å²) in [6, 6.07) is 7.74. The van der Waals surface area contributed by atoms with Crippen molar-refractivity contribution in [1.82, 2.24) is 4.90 Å². The lowest BCUT2D eigenvalue weighted by Crippen LogP contribution is -2.36. The lowest BCUT2D eigenvalue weighted by molar-refractivity contribution is -0.145. The van der Waals surface area contributed by atoms with Crippen molar-refractivity contribution in [1.29, 1.82) is 0 Å². The molecule has 88 valence electrons. The maximum absolute atomic E-state index is 11.4. The Hall–Kier alpha value is -0.870. The van der Waals surface area contributed by atoms with Gasteiger partial charge in [-0.3, -0.25) is 9.69 Å². The summed E-state index contributed by atoms with van der Waals surface area (Å²) in [5.41, 5.74) is 1.15. The van der Waals surface area contributed by atoms with Crippen LogP contribution in [0.2, 0.25) is 0 Å². The van der Waals surface area contributed by atoms with Crippen molar-refractivity contribution in [2.45, 2.75) is 19.5 Å². The van der Waals surface area contributed by atoms with Crippen LogP contribution in [0, 0.1) is 0 Å². The van der Waals surface area contributed by atoms with E-state index in [1.165, 1.54) is 7.11 Å². The summed E-state index contributed by atoms with van der Waals surface area (Å²) in [4.78, 5) is 13.3. The van der Waals surface area contributed by atoms with Gasteiger partial charge in [-0.15, -0.1) is 0 Å². The Morgan fingerprint density at radius 2 is 2.12 bits per heavy atom. The van der Waals surface area contributed by atoms with Crippen LogP contribution in [0.1, 0.15) is 12.5 Å². The Morgan fingerprint density at radius 3 is 2.69 bits per heavy atom. The minimum atomic E-state index is -0.239. The standard InChI is InChI=1S/C12H16BrNO2/c1-9(12(15)16-3)14(2)8-10-6-4-5-7-11(10)13/h4-7,9H,8H2,1-3H3/t9-/m0/s1. The second-order valence-electron chi connectivity index (χ2n) is 3.71. The first-order valence-electron chi connectivity index (χ1n) is 5.07. The summed E-state index contributed by atoms with van der Waals surface area (Å²) in [5.74, 6) is -0.213. The van der Waals surface area contributed by atoms with Crippen LogP contribution < -0.4 is 0 Å². The van der Waals surface area contributed by atoms with Crippen molar-refractivity contribution in [3.05, 3.63) is 34.3 Å². The molecular formula is C12H16BrNO2. The zero-order valence-electron chi connectivity index (χ0n) is 9.74. The normalized spacial score (nSPS) is 12.6. The van der Waals surface area contributed by atoms with Crippen LogP contribution in [0.15, 0.2) is 28.7 Å². The molecule has 1 aromatic carbocycles. The van der Waals surface area contributed by atoms with E-state index < -0.39 is 0 Å². The summed E-state index contributed by atoms with van der Waals surface area (Å²) in [5, 5.41) is 0. The van der Waals surface area contributed by atoms with E-state index >= 15 is 0 Å². The second-order valence-corrected chi connectivity index (χ2v) is 4.56. The lowest BCUT2D eigenvalue weighted by Gasteiger charge is -2.22. The van der Waals surface area contributed by atoms with Crippen molar-refractivity contribution in [2.75, 3.05) is 14.2 Å². The predicted molar refractivity (Wildman–Crippen MR) is 67.1 cm³/mol. The average Bonchev–Trinajstić information content (AvgIpc) is 2.30. The zero-order chi connectivity index (χ0) is 12.1. The molecule has 0 aliphatic rings. The van der Waals surface area contributed by atoms with Gasteiger partial charge in [0.25, 0.3) is 0 Å². The van der Waals surface area contributed by atoms with Gasteiger partial charge in [0.15, 0.2) is 0 Å². The molecule has 0 radical (unpaired) electrons. The Balaban J connectivity index is 2.68. The average molecular weight is 286 g/mol. The molecule has 0 N–H and O–H groups in total. The Kier molecular flexibility index (Phi) is 4.96. The smallest absolute Gasteiger partial charge is 0.322 e. The van der Waals surface area contributed by atoms with Crippen LogP contribution >= 0.6 is 15.9 Å². The lowest BCUT2D eigenvalue weighted by atomic mass is 10.2. The van der Waals surface area contributed by atoms with E-state index in [4.69, 9.17) is 4.74 Å². The maximum Gasteiger partial charge on any atom is 0.322 e. The van der Waals surface area contributed by atoms with Gasteiger partial charge in [-0.05, 0) is 25.6 Å². The molecule has 1 aromatic rings. The fourth-order valence-electron chi connectivity index (χ4n) is 1.38. The summed E-state index contributed by atoms with van der Waals surface area (Å²) < 4.78 is 5.76. The Labute approximate surface area is 105 Å². The van der Waals surface area contributed by atoms with Crippen LogP contribution in [0.4, 0.5) is 0 Å². The monoisotopic (exact) mass is 285 g/mol. The highest BCUT2D eigenvalue weighted by Gasteiger charge is 2.18. The topological polar surface area (TPSA) is 29.5 Å². The molecule has 3 nitrogen and oxygen atoms in total. The van der Waals surface area contributed by atoms with E-state index in [0.717, 1.165) is 10.0 Å². The molecule has 0 fully saturated rings. The first-order chi connectivity index (χ1) is 7.56. The molecule has 0 spiro atoms. The fourth-order valence-corrected chi connectivity index (χ4v) is 1.79. The SMILES string of the molecule is COC(=O)[C@H](C)N(C)Cc1ccccc1Br. The number of hydrogen-bond donors (Lipinski definition) is 0. The minimum absolute atomic E-state index is 0.213. The number of carbonyl (C=O) groups is 1. The predicted octanol–water partition coefficient (Wildman–Crippen LogP) is 2.44. The second kappa shape index (κ2) is 6.01. The van der Waals surface area contributed by atoms with E-state index in [2.05, 4.69) is 15.9 Å². The number of esters is 1. The van der Waals surface area contributed by atoms with Crippen molar-refractivity contribution < 1.29 is 9.53 Å². The Morgan fingerprint density at radius 1 is 1.50 bits per heavy atom. The van der Waals surface area contributed by atoms with Gasteiger partial charge in [-0.1, -0.05) is 34.1 Å². The molecule has 0 saturated carbocycles. The van der Waals surface area contributed by atoms with Crippen molar-refractivity contribution in [2.24, 2.45) is 0 Å². The van der Waals surface area contributed by atoms with Crippen molar-refractivity contribution >= 4 is 21.9 Å². The van der Waals surface area contributed by atoms with E-state index in [1.54, 1.807) is 0 Å². The van der Waals surface area contributed by atoms with E-state index in [-0.39, 0.29) is 12.0 Å². The van der Waals surface area contributed by atoms with Crippen LogP contribution in [0.5, 0.6) is 0 Å². The van der Waals surface area contributed by atoms with Gasteiger partial charge < -0.3 is 4.74 Å². The molecule has 4 heteroatoms. The maximum atomic E-state index is 11.4. The molecule has 0 amide bonds. The molecule has 0 aliphatic heterocycles. The summed E-state index contributed by atoms with van der Waals surface area (Å²) in [7, 11) is 3.31. The molecule has 16 heavy (non-hydrogen) atoms. The summed E-state index contributed by atoms with van der Waals surface area (Å²) in [6.07, 6.45) is 0. The first-order valence-corrected chi connectivity index (χ1v) is 5.87. The molecule has 1 atom stereocenters. The summed E-state index contributed by atoms with van der Waals surface area (Å²) in [6.45, 7) is 2.54. The van der Waals surface area contributed by atoms with Crippen LogP contribution in [0.3, 0.4) is 0 Å². The number of nitrogens with zero attached hydrogens (tertiary/aromatic N) is 1. The quantitative estimate of drug-likeness (QED) is 0.796. The largest absolute Gasteiger partial charge is 0.468 e. The van der Waals surface area contributed by atoms with Crippen molar-refractivity contribution in [3.63, 3.8) is 0 Å². The highest BCUT2D eigenvalue weighted by Crippen LogP contribution is 2.18. The number of benzene rings is 1. The fraction of sp³-hybridized carbons (Fsp3) is 0.417. The highest BCUT2D eigenvalue weighted by atomic mass is 79.9. The number of hydrogen-bond acceptors (Lipinski definition) is 3. The van der Waals surface area contributed by atoms with Gasteiger partial charge in [-0.2, -0.15) is 0 Å². The Bertz CT molecular complexity index is 368. The van der Waals surface area contributed by atoms with E-state index in [0.29, 0.717) is 6.54 Å². The molecule has 0 heterocycles. The van der Waals surface area contributed by atoms with Gasteiger partial charge in [0.2, 0.25) is 0 Å². The number of rotatable bonds is 4. The number of carbonyl (C=O) groups excluding carboxylic acids is 1. The van der Waals surface area contributed by atoms with Crippen molar-refractivity contribution in [3.8, 4) is 0 Å². The van der Waals surface area contributed by atoms with Gasteiger partial charge in [-0.25, -0.2) is 0 Å². The molecular weight excluding hydrogens is 270 g/mol. The van der Waals surface area contributed by atoms with Crippen LogP contribution in [0.25, 0.3) is 0 Å². The molecule has 0 unspecified atom stereocenters. The van der Waals surface area contributed by atoms with Crippen LogP contribution in [-0.4, -0.2) is 31.1 Å². The summed E-state index contributed by atoms with van der Waals surface area (Å²) >= 11 is 3.49.